The number of methoxy groups -OCH3 is 1. The summed E-state index contributed by atoms with van der Waals surface area (Å²) in [7, 11) is 1.62. The van der Waals surface area contributed by atoms with Crippen molar-refractivity contribution in [3.05, 3.63) is 58.9 Å². The topological polar surface area (TPSA) is 92.7 Å². The number of β-amino-alcohol motifs (C(OH)–C–C–N with tert-alkyl or cyclic N) is 1. The molecule has 3 atom stereocenters. The maximum atomic E-state index is 12.2. The molecule has 1 aromatic heterocycles. The van der Waals surface area contributed by atoms with Crippen LogP contribution in [0.2, 0.25) is 5.02 Å². The summed E-state index contributed by atoms with van der Waals surface area (Å²) in [5, 5.41) is 16.5. The summed E-state index contributed by atoms with van der Waals surface area (Å²) in [4.78, 5) is 16.1. The molecular formula is C19H22ClN3O4. The minimum atomic E-state index is -0.761. The number of aliphatic hydroxyl groups is 1. The lowest BCUT2D eigenvalue weighted by molar-refractivity contribution is 0.0188. The molecule has 1 fully saturated rings. The highest BCUT2D eigenvalue weighted by Crippen LogP contribution is 2.19. The fourth-order valence-electron chi connectivity index (χ4n) is 3.02. The van der Waals surface area contributed by atoms with Crippen molar-refractivity contribution in [2.75, 3.05) is 13.7 Å². The van der Waals surface area contributed by atoms with Crippen LogP contribution in [0.5, 0.6) is 5.75 Å². The quantitative estimate of drug-likeness (QED) is 0.696. The molecule has 0 spiro atoms. The third-order valence-electron chi connectivity index (χ3n) is 4.50. The van der Waals surface area contributed by atoms with Crippen LogP contribution in [0.1, 0.15) is 11.1 Å². The Balaban J connectivity index is 1.56. The monoisotopic (exact) mass is 391 g/mol. The number of hydrogen-bond acceptors (Lipinski definition) is 6. The zero-order valence-corrected chi connectivity index (χ0v) is 15.6. The van der Waals surface area contributed by atoms with Gasteiger partial charge in [-0.1, -0.05) is 23.7 Å². The van der Waals surface area contributed by atoms with Gasteiger partial charge in [0.05, 0.1) is 18.2 Å². The van der Waals surface area contributed by atoms with Crippen molar-refractivity contribution in [2.45, 2.75) is 31.2 Å². The summed E-state index contributed by atoms with van der Waals surface area (Å²) >= 11 is 6.02. The van der Waals surface area contributed by atoms with Gasteiger partial charge < -0.3 is 25.2 Å². The Morgan fingerprint density at radius 1 is 1.37 bits per heavy atom. The van der Waals surface area contributed by atoms with E-state index in [-0.39, 0.29) is 12.6 Å². The highest BCUT2D eigenvalue weighted by Gasteiger charge is 2.37. The molecule has 0 radical (unpaired) electrons. The van der Waals surface area contributed by atoms with Crippen LogP contribution in [0.25, 0.3) is 0 Å². The number of ether oxygens (including phenoxy) is 2. The number of carbonyl (C=O) groups is 1. The predicted octanol–water partition coefficient (Wildman–Crippen LogP) is 1.91. The van der Waals surface area contributed by atoms with E-state index >= 15 is 0 Å². The Kier molecular flexibility index (Phi) is 6.49. The van der Waals surface area contributed by atoms with Gasteiger partial charge in [-0.05, 0) is 35.7 Å². The van der Waals surface area contributed by atoms with E-state index in [1.54, 1.807) is 19.4 Å². The average Bonchev–Trinajstić information content (AvgIpc) is 3.01. The number of aromatic nitrogens is 1. The molecule has 1 aliphatic rings. The van der Waals surface area contributed by atoms with E-state index in [0.717, 1.165) is 16.9 Å². The number of carbonyl (C=O) groups excluding carboxylic acids is 1. The lowest BCUT2D eigenvalue weighted by Gasteiger charge is -2.22. The highest BCUT2D eigenvalue weighted by atomic mass is 35.5. The second kappa shape index (κ2) is 9.03. The van der Waals surface area contributed by atoms with E-state index in [1.807, 2.05) is 24.3 Å². The predicted molar refractivity (Wildman–Crippen MR) is 101 cm³/mol. The van der Waals surface area contributed by atoms with E-state index in [0.29, 0.717) is 18.0 Å². The number of nitrogens with zero attached hydrogens (tertiary/aromatic N) is 1. The molecule has 27 heavy (non-hydrogen) atoms. The number of alkyl carbamates (subject to hydrolysis) is 1. The minimum absolute atomic E-state index is 0.177. The Labute approximate surface area is 162 Å². The number of benzene rings is 1. The van der Waals surface area contributed by atoms with Crippen molar-refractivity contribution in [1.29, 1.82) is 0 Å². The number of hydrogen-bond donors (Lipinski definition) is 3. The summed E-state index contributed by atoms with van der Waals surface area (Å²) in [6.07, 6.45) is 1.73. The van der Waals surface area contributed by atoms with E-state index < -0.39 is 18.3 Å². The summed E-state index contributed by atoms with van der Waals surface area (Å²) in [5.74, 6) is 0.778. The van der Waals surface area contributed by atoms with Gasteiger partial charge in [-0.15, -0.1) is 0 Å². The van der Waals surface area contributed by atoms with Crippen molar-refractivity contribution in [2.24, 2.45) is 0 Å². The zero-order chi connectivity index (χ0) is 19.2. The van der Waals surface area contributed by atoms with Gasteiger partial charge in [-0.2, -0.15) is 0 Å². The van der Waals surface area contributed by atoms with E-state index in [4.69, 9.17) is 21.1 Å². The number of aliphatic hydroxyl groups excluding tert-OH is 1. The maximum Gasteiger partial charge on any atom is 0.407 e. The van der Waals surface area contributed by atoms with Gasteiger partial charge in [0, 0.05) is 25.5 Å². The normalized spacial score (nSPS) is 21.7. The number of pyridine rings is 1. The first-order valence-corrected chi connectivity index (χ1v) is 9.02. The lowest BCUT2D eigenvalue weighted by Crippen LogP contribution is -2.41. The van der Waals surface area contributed by atoms with Crippen LogP contribution in [0.15, 0.2) is 42.7 Å². The van der Waals surface area contributed by atoms with Crippen LogP contribution in [0, 0.1) is 0 Å². The first-order chi connectivity index (χ1) is 13.1. The Hall–Kier alpha value is -2.35. The maximum absolute atomic E-state index is 12.2. The van der Waals surface area contributed by atoms with Crippen molar-refractivity contribution in [1.82, 2.24) is 15.6 Å². The molecule has 1 aliphatic heterocycles. The van der Waals surface area contributed by atoms with Gasteiger partial charge in [0.2, 0.25) is 0 Å². The van der Waals surface area contributed by atoms with Crippen LogP contribution >= 0.6 is 11.6 Å². The van der Waals surface area contributed by atoms with E-state index in [2.05, 4.69) is 15.6 Å². The van der Waals surface area contributed by atoms with Gasteiger partial charge in [-0.3, -0.25) is 4.98 Å². The van der Waals surface area contributed by atoms with Gasteiger partial charge in [0.15, 0.2) is 0 Å². The van der Waals surface area contributed by atoms with Crippen molar-refractivity contribution < 1.29 is 19.4 Å². The SMILES string of the molecule is COc1ccc(C[C@H]2NC[C@H](O)[C@H]2OC(=O)NCc2ccncc2Cl)cc1. The molecule has 8 heteroatoms. The van der Waals surface area contributed by atoms with Gasteiger partial charge in [0.1, 0.15) is 18.0 Å². The largest absolute Gasteiger partial charge is 0.497 e. The Bertz CT molecular complexity index is 772. The minimum Gasteiger partial charge on any atom is -0.497 e. The molecule has 0 aliphatic carbocycles. The van der Waals surface area contributed by atoms with Crippen LogP contribution in [-0.2, 0) is 17.7 Å². The fourth-order valence-corrected chi connectivity index (χ4v) is 3.20. The zero-order valence-electron chi connectivity index (χ0n) is 14.9. The third kappa shape index (κ3) is 5.09. The number of amides is 1. The molecule has 1 aromatic carbocycles. The lowest BCUT2D eigenvalue weighted by atomic mass is 10.0. The van der Waals surface area contributed by atoms with Crippen molar-refractivity contribution in [3.8, 4) is 5.75 Å². The molecule has 2 heterocycles. The molecule has 7 nitrogen and oxygen atoms in total. The first-order valence-electron chi connectivity index (χ1n) is 8.64. The molecule has 3 N–H and O–H groups in total. The molecule has 0 bridgehead atoms. The standard InChI is InChI=1S/C19H22ClN3O4/c1-26-14-4-2-12(3-5-14)8-16-18(17(24)11-22-16)27-19(25)23-9-13-6-7-21-10-15(13)20/h2-7,10,16-18,22,24H,8-9,11H2,1H3,(H,23,25)/t16-,17+,18+/m1/s1. The molecule has 3 rings (SSSR count). The molecule has 144 valence electrons. The summed E-state index contributed by atoms with van der Waals surface area (Å²) < 4.78 is 10.6. The molecule has 0 unspecified atom stereocenters. The second-order valence-corrected chi connectivity index (χ2v) is 6.73. The van der Waals surface area contributed by atoms with Crippen LogP contribution < -0.4 is 15.4 Å². The summed E-state index contributed by atoms with van der Waals surface area (Å²) in [6, 6.07) is 9.20. The van der Waals surface area contributed by atoms with Gasteiger partial charge in [-0.25, -0.2) is 4.79 Å². The van der Waals surface area contributed by atoms with E-state index in [1.165, 1.54) is 6.20 Å². The van der Waals surface area contributed by atoms with Gasteiger partial charge in [0.25, 0.3) is 0 Å². The second-order valence-electron chi connectivity index (χ2n) is 6.32. The number of nitrogens with one attached hydrogen (secondary N) is 2. The number of halogens is 1. The van der Waals surface area contributed by atoms with Crippen molar-refractivity contribution >= 4 is 17.7 Å². The Morgan fingerprint density at radius 3 is 2.85 bits per heavy atom. The summed E-state index contributed by atoms with van der Waals surface area (Å²) in [5.41, 5.74) is 1.79. The molecule has 0 saturated carbocycles. The molecular weight excluding hydrogens is 370 g/mol. The van der Waals surface area contributed by atoms with Crippen molar-refractivity contribution in [3.63, 3.8) is 0 Å². The highest BCUT2D eigenvalue weighted by molar-refractivity contribution is 6.31. The molecule has 1 amide bonds. The van der Waals surface area contributed by atoms with Gasteiger partial charge >= 0.3 is 6.09 Å². The Morgan fingerprint density at radius 2 is 2.15 bits per heavy atom. The smallest absolute Gasteiger partial charge is 0.407 e. The summed E-state index contributed by atoms with van der Waals surface area (Å²) in [6.45, 7) is 0.592. The molecule has 2 aromatic rings. The van der Waals surface area contributed by atoms with Crippen LogP contribution in [0.4, 0.5) is 4.79 Å². The average molecular weight is 392 g/mol. The van der Waals surface area contributed by atoms with Crippen LogP contribution in [0.3, 0.4) is 0 Å². The fraction of sp³-hybridized carbons (Fsp3) is 0.368. The first kappa shape index (κ1) is 19.4. The third-order valence-corrected chi connectivity index (χ3v) is 4.84. The van der Waals surface area contributed by atoms with Crippen LogP contribution in [-0.4, -0.2) is 48.1 Å². The van der Waals surface area contributed by atoms with E-state index in [9.17, 15) is 9.90 Å². The number of rotatable bonds is 6. The molecule has 1 saturated heterocycles.